The van der Waals surface area contributed by atoms with Crippen LogP contribution in [0.2, 0.25) is 0 Å². The molecule has 1 unspecified atom stereocenters. The molecule has 0 saturated heterocycles. The smallest absolute Gasteiger partial charge is 0.124 e. The highest BCUT2D eigenvalue weighted by atomic mass is 16.5. The first kappa shape index (κ1) is 15.3. The maximum atomic E-state index is 6.10. The lowest BCUT2D eigenvalue weighted by atomic mass is 9.89. The van der Waals surface area contributed by atoms with Gasteiger partial charge in [-0.15, -0.1) is 0 Å². The average molecular weight is 276 g/mol. The largest absolute Gasteiger partial charge is 0.487 e. The Bertz CT molecular complexity index is 454. The van der Waals surface area contributed by atoms with E-state index in [1.54, 1.807) is 0 Å². The average Bonchev–Trinajstić information content (AvgIpc) is 2.34. The summed E-state index contributed by atoms with van der Waals surface area (Å²) >= 11 is 0. The van der Waals surface area contributed by atoms with E-state index in [1.165, 1.54) is 17.5 Å². The Morgan fingerprint density at radius 3 is 2.80 bits per heavy atom. The zero-order valence-electron chi connectivity index (χ0n) is 13.5. The topological polar surface area (TPSA) is 24.5 Å². The summed E-state index contributed by atoms with van der Waals surface area (Å²) in [5.74, 6) is 1.04. The van der Waals surface area contributed by atoms with Gasteiger partial charge >= 0.3 is 0 Å². The normalized spacial score (nSPS) is 20.6. The fraction of sp³-hybridized carbons (Fsp3) is 0.647. The first-order valence-electron chi connectivity index (χ1n) is 7.55. The van der Waals surface area contributed by atoms with E-state index in [0.717, 1.165) is 25.3 Å². The van der Waals surface area contributed by atoms with Crippen LogP contribution in [0.1, 0.15) is 43.9 Å². The van der Waals surface area contributed by atoms with Crippen LogP contribution in [-0.2, 0) is 0 Å². The van der Waals surface area contributed by atoms with E-state index in [-0.39, 0.29) is 5.60 Å². The minimum atomic E-state index is -0.0958. The summed E-state index contributed by atoms with van der Waals surface area (Å²) in [5.41, 5.74) is 2.52. The highest BCUT2D eigenvalue weighted by molar-refractivity contribution is 5.41. The molecule has 1 heterocycles. The van der Waals surface area contributed by atoms with Gasteiger partial charge < -0.3 is 15.0 Å². The minimum Gasteiger partial charge on any atom is -0.487 e. The second kappa shape index (κ2) is 6.15. The molecule has 1 aliphatic heterocycles. The second-order valence-electron chi connectivity index (χ2n) is 6.77. The Morgan fingerprint density at radius 2 is 2.10 bits per heavy atom. The third-order valence-electron chi connectivity index (χ3n) is 3.80. The van der Waals surface area contributed by atoms with E-state index >= 15 is 0 Å². The van der Waals surface area contributed by atoms with Gasteiger partial charge in [-0.25, -0.2) is 0 Å². The van der Waals surface area contributed by atoms with Gasteiger partial charge in [-0.2, -0.15) is 0 Å². The Kier molecular flexibility index (Phi) is 4.71. The van der Waals surface area contributed by atoms with Gasteiger partial charge in [0.05, 0.1) is 0 Å². The number of benzene rings is 1. The van der Waals surface area contributed by atoms with Gasteiger partial charge in [0.15, 0.2) is 0 Å². The first-order chi connectivity index (χ1) is 9.37. The first-order valence-corrected chi connectivity index (χ1v) is 7.55. The number of aryl methyl sites for hydroxylation is 1. The lowest BCUT2D eigenvalue weighted by Gasteiger charge is -2.38. The fourth-order valence-corrected chi connectivity index (χ4v) is 2.83. The molecule has 112 valence electrons. The predicted molar refractivity (Wildman–Crippen MR) is 84.4 cm³/mol. The van der Waals surface area contributed by atoms with E-state index in [4.69, 9.17) is 4.74 Å². The van der Waals surface area contributed by atoms with Crippen molar-refractivity contribution in [1.82, 2.24) is 10.2 Å². The summed E-state index contributed by atoms with van der Waals surface area (Å²) in [6.07, 6.45) is 2.19. The molecule has 0 aromatic heterocycles. The molecule has 3 nitrogen and oxygen atoms in total. The monoisotopic (exact) mass is 276 g/mol. The number of ether oxygens (including phenoxy) is 1. The molecular formula is C17H28N2O. The molecule has 0 radical (unpaired) electrons. The molecule has 3 heteroatoms. The minimum absolute atomic E-state index is 0.0958. The molecule has 0 aliphatic carbocycles. The van der Waals surface area contributed by atoms with Crippen LogP contribution in [0.3, 0.4) is 0 Å². The number of nitrogens with zero attached hydrogens (tertiary/aromatic N) is 1. The van der Waals surface area contributed by atoms with E-state index in [2.05, 4.69) is 63.3 Å². The highest BCUT2D eigenvalue weighted by Crippen LogP contribution is 2.39. The number of rotatable bonds is 5. The zero-order chi connectivity index (χ0) is 14.8. The summed E-state index contributed by atoms with van der Waals surface area (Å²) < 4.78 is 6.10. The molecule has 1 aromatic carbocycles. The molecular weight excluding hydrogens is 248 g/mol. The van der Waals surface area contributed by atoms with Crippen molar-refractivity contribution in [2.45, 2.75) is 45.3 Å². The molecule has 1 atom stereocenters. The van der Waals surface area contributed by atoms with Crippen molar-refractivity contribution in [2.24, 2.45) is 0 Å². The van der Waals surface area contributed by atoms with Gasteiger partial charge in [0.1, 0.15) is 11.4 Å². The van der Waals surface area contributed by atoms with Crippen LogP contribution < -0.4 is 10.1 Å². The lowest BCUT2D eigenvalue weighted by molar-refractivity contribution is 0.0659. The number of fused-ring (bicyclic) bond motifs is 1. The number of hydrogen-bond donors (Lipinski definition) is 1. The van der Waals surface area contributed by atoms with Crippen LogP contribution in [0, 0.1) is 6.92 Å². The quantitative estimate of drug-likeness (QED) is 0.836. The van der Waals surface area contributed by atoms with Gasteiger partial charge in [-0.3, -0.25) is 0 Å². The summed E-state index contributed by atoms with van der Waals surface area (Å²) in [7, 11) is 4.24. The Labute approximate surface area is 123 Å². The lowest BCUT2D eigenvalue weighted by Crippen LogP contribution is -2.40. The maximum Gasteiger partial charge on any atom is 0.124 e. The van der Waals surface area contributed by atoms with Gasteiger partial charge in [-0.05, 0) is 60.4 Å². The molecule has 0 amide bonds. The van der Waals surface area contributed by atoms with Crippen LogP contribution in [-0.4, -0.2) is 37.7 Å². The second-order valence-corrected chi connectivity index (χ2v) is 6.77. The summed E-state index contributed by atoms with van der Waals surface area (Å²) in [6, 6.07) is 6.90. The molecule has 0 bridgehead atoms. The molecule has 2 rings (SSSR count). The van der Waals surface area contributed by atoms with Crippen LogP contribution in [0.15, 0.2) is 18.2 Å². The van der Waals surface area contributed by atoms with E-state index in [9.17, 15) is 0 Å². The number of nitrogens with one attached hydrogen (secondary N) is 1. The summed E-state index contributed by atoms with van der Waals surface area (Å²) in [6.45, 7) is 8.66. The maximum absolute atomic E-state index is 6.10. The van der Waals surface area contributed by atoms with Gasteiger partial charge in [0, 0.05) is 18.0 Å². The summed E-state index contributed by atoms with van der Waals surface area (Å²) in [4.78, 5) is 2.23. The molecule has 0 spiro atoms. The highest BCUT2D eigenvalue weighted by Gasteiger charge is 2.33. The fourth-order valence-electron chi connectivity index (χ4n) is 2.83. The van der Waals surface area contributed by atoms with Crippen molar-refractivity contribution < 1.29 is 4.74 Å². The van der Waals surface area contributed by atoms with E-state index < -0.39 is 0 Å². The van der Waals surface area contributed by atoms with Gasteiger partial charge in [-0.1, -0.05) is 17.7 Å². The van der Waals surface area contributed by atoms with Crippen LogP contribution in [0.25, 0.3) is 0 Å². The Morgan fingerprint density at radius 1 is 1.35 bits per heavy atom. The SMILES string of the molecule is Cc1ccc2c(c1)C(NCCCN(C)C)CC(C)(C)O2. The van der Waals surface area contributed by atoms with Crippen LogP contribution >= 0.6 is 0 Å². The van der Waals surface area contributed by atoms with Crippen molar-refractivity contribution in [1.29, 1.82) is 0 Å². The van der Waals surface area contributed by atoms with Crippen LogP contribution in [0.5, 0.6) is 5.75 Å². The van der Waals surface area contributed by atoms with Crippen molar-refractivity contribution in [3.8, 4) is 5.75 Å². The van der Waals surface area contributed by atoms with Crippen LogP contribution in [0.4, 0.5) is 0 Å². The van der Waals surface area contributed by atoms with Gasteiger partial charge in [0.25, 0.3) is 0 Å². The zero-order valence-corrected chi connectivity index (χ0v) is 13.5. The standard InChI is InChI=1S/C17H28N2O/c1-13-7-8-16-14(11-13)15(12-17(2,3)20-16)18-9-6-10-19(4)5/h7-8,11,15,18H,6,9-10,12H2,1-5H3. The molecule has 20 heavy (non-hydrogen) atoms. The number of hydrogen-bond acceptors (Lipinski definition) is 3. The van der Waals surface area contributed by atoms with Crippen molar-refractivity contribution >= 4 is 0 Å². The molecule has 1 N–H and O–H groups in total. The molecule has 1 aromatic rings. The van der Waals surface area contributed by atoms with Crippen molar-refractivity contribution in [3.63, 3.8) is 0 Å². The van der Waals surface area contributed by atoms with E-state index in [0.29, 0.717) is 6.04 Å². The molecule has 1 aliphatic rings. The third-order valence-corrected chi connectivity index (χ3v) is 3.80. The van der Waals surface area contributed by atoms with Crippen molar-refractivity contribution in [2.75, 3.05) is 27.2 Å². The third kappa shape index (κ3) is 3.97. The predicted octanol–water partition coefficient (Wildman–Crippen LogP) is 3.14. The van der Waals surface area contributed by atoms with Crippen molar-refractivity contribution in [3.05, 3.63) is 29.3 Å². The summed E-state index contributed by atoms with van der Waals surface area (Å²) in [5, 5.41) is 3.71. The Hall–Kier alpha value is -1.06. The van der Waals surface area contributed by atoms with Gasteiger partial charge in [0.2, 0.25) is 0 Å². The Balaban J connectivity index is 2.06. The molecule has 0 fully saturated rings. The molecule has 0 saturated carbocycles. The van der Waals surface area contributed by atoms with E-state index in [1.807, 2.05) is 0 Å².